The lowest BCUT2D eigenvalue weighted by Gasteiger charge is -2.16. The Hall–Kier alpha value is -3.46. The molecule has 0 N–H and O–H groups in total. The molecule has 0 spiro atoms. The van der Waals surface area contributed by atoms with Gasteiger partial charge in [0.15, 0.2) is 5.82 Å². The second-order valence-electron chi connectivity index (χ2n) is 6.57. The molecule has 1 aliphatic heterocycles. The van der Waals surface area contributed by atoms with Crippen LogP contribution in [0.3, 0.4) is 0 Å². The molecular formula is C21H18N4O2. The number of amides is 1. The Morgan fingerprint density at radius 3 is 2.59 bits per heavy atom. The molecule has 1 fully saturated rings. The second kappa shape index (κ2) is 7.04. The Morgan fingerprint density at radius 2 is 1.93 bits per heavy atom. The Kier molecular flexibility index (Phi) is 4.43. The first-order chi connectivity index (χ1) is 13.2. The molecule has 3 aromatic rings. The fraction of sp³-hybridized carbons (Fsp3) is 0.238. The van der Waals surface area contributed by atoms with Crippen molar-refractivity contribution >= 4 is 11.6 Å². The Bertz CT molecular complexity index is 1000. The van der Waals surface area contributed by atoms with Crippen LogP contribution in [0.25, 0.3) is 11.5 Å². The van der Waals surface area contributed by atoms with Crippen molar-refractivity contribution in [3.8, 4) is 17.5 Å². The number of anilines is 1. The first-order valence-electron chi connectivity index (χ1n) is 8.91. The maximum Gasteiger partial charge on any atom is 0.257 e. The Morgan fingerprint density at radius 1 is 1.19 bits per heavy atom. The van der Waals surface area contributed by atoms with Crippen LogP contribution in [0, 0.1) is 11.3 Å². The summed E-state index contributed by atoms with van der Waals surface area (Å²) in [5, 5.41) is 13.0. The predicted molar refractivity (Wildman–Crippen MR) is 100.0 cm³/mol. The van der Waals surface area contributed by atoms with Gasteiger partial charge in [-0.1, -0.05) is 24.2 Å². The zero-order chi connectivity index (χ0) is 18.8. The van der Waals surface area contributed by atoms with Gasteiger partial charge in [0, 0.05) is 30.1 Å². The van der Waals surface area contributed by atoms with E-state index in [0.29, 0.717) is 30.2 Å². The third kappa shape index (κ3) is 3.32. The number of nitriles is 1. The molecule has 134 valence electrons. The van der Waals surface area contributed by atoms with Crippen molar-refractivity contribution < 1.29 is 9.32 Å². The third-order valence-electron chi connectivity index (χ3n) is 4.85. The fourth-order valence-electron chi connectivity index (χ4n) is 3.25. The largest absolute Gasteiger partial charge is 0.334 e. The van der Waals surface area contributed by atoms with E-state index in [0.717, 1.165) is 17.7 Å². The molecule has 0 aliphatic carbocycles. The van der Waals surface area contributed by atoms with E-state index in [1.54, 1.807) is 29.2 Å². The van der Waals surface area contributed by atoms with E-state index in [2.05, 4.69) is 23.1 Å². The molecule has 2 aromatic carbocycles. The monoisotopic (exact) mass is 358 g/mol. The zero-order valence-corrected chi connectivity index (χ0v) is 14.9. The molecule has 1 unspecified atom stereocenters. The van der Waals surface area contributed by atoms with Crippen molar-refractivity contribution in [2.24, 2.45) is 0 Å². The average molecular weight is 358 g/mol. The number of benzene rings is 2. The molecule has 1 aromatic heterocycles. The summed E-state index contributed by atoms with van der Waals surface area (Å²) in [4.78, 5) is 18.7. The Labute approximate surface area is 157 Å². The van der Waals surface area contributed by atoms with Crippen molar-refractivity contribution in [1.29, 1.82) is 5.26 Å². The lowest BCUT2D eigenvalue weighted by Crippen LogP contribution is -2.24. The number of carbonyl (C=O) groups excluding carboxylic acids is 1. The molecule has 4 rings (SSSR count). The first-order valence-corrected chi connectivity index (χ1v) is 8.91. The van der Waals surface area contributed by atoms with E-state index in [9.17, 15) is 4.79 Å². The SMILES string of the molecule is CCc1ccc(N2CC(c3noc(-c4ccc(C#N)cc4)n3)CC2=O)cc1. The summed E-state index contributed by atoms with van der Waals surface area (Å²) >= 11 is 0. The van der Waals surface area contributed by atoms with E-state index in [-0.39, 0.29) is 11.8 Å². The fourth-order valence-corrected chi connectivity index (χ4v) is 3.25. The van der Waals surface area contributed by atoms with Crippen LogP contribution in [-0.4, -0.2) is 22.6 Å². The molecule has 2 heterocycles. The molecule has 0 saturated carbocycles. The first kappa shape index (κ1) is 17.0. The number of hydrogen-bond acceptors (Lipinski definition) is 5. The van der Waals surface area contributed by atoms with Crippen LogP contribution in [0.5, 0.6) is 0 Å². The highest BCUT2D eigenvalue weighted by molar-refractivity contribution is 5.96. The molecule has 0 radical (unpaired) electrons. The smallest absolute Gasteiger partial charge is 0.257 e. The van der Waals surface area contributed by atoms with Crippen LogP contribution in [0.4, 0.5) is 5.69 Å². The highest BCUT2D eigenvalue weighted by atomic mass is 16.5. The van der Waals surface area contributed by atoms with Gasteiger partial charge in [-0.2, -0.15) is 10.2 Å². The van der Waals surface area contributed by atoms with E-state index in [1.807, 2.05) is 24.3 Å². The molecule has 0 bridgehead atoms. The van der Waals surface area contributed by atoms with Gasteiger partial charge in [-0.05, 0) is 48.4 Å². The van der Waals surface area contributed by atoms with E-state index in [1.165, 1.54) is 5.56 Å². The molecule has 1 atom stereocenters. The molecule has 1 amide bonds. The number of rotatable bonds is 4. The van der Waals surface area contributed by atoms with Crippen molar-refractivity contribution in [1.82, 2.24) is 10.1 Å². The van der Waals surface area contributed by atoms with Gasteiger partial charge in [0.05, 0.1) is 11.6 Å². The van der Waals surface area contributed by atoms with Crippen molar-refractivity contribution in [2.45, 2.75) is 25.7 Å². The number of aromatic nitrogens is 2. The summed E-state index contributed by atoms with van der Waals surface area (Å²) in [5.74, 6) is 0.899. The average Bonchev–Trinajstić information content (AvgIpc) is 3.35. The zero-order valence-electron chi connectivity index (χ0n) is 14.9. The minimum atomic E-state index is -0.0979. The summed E-state index contributed by atoms with van der Waals surface area (Å²) < 4.78 is 5.37. The summed E-state index contributed by atoms with van der Waals surface area (Å²) in [5.41, 5.74) is 3.47. The van der Waals surface area contributed by atoms with E-state index >= 15 is 0 Å². The van der Waals surface area contributed by atoms with Gasteiger partial charge < -0.3 is 9.42 Å². The van der Waals surface area contributed by atoms with Gasteiger partial charge in [0.2, 0.25) is 5.91 Å². The van der Waals surface area contributed by atoms with Gasteiger partial charge >= 0.3 is 0 Å². The molecule has 6 nitrogen and oxygen atoms in total. The topological polar surface area (TPSA) is 83.0 Å². The molecule has 6 heteroatoms. The van der Waals surface area contributed by atoms with Gasteiger partial charge in [0.25, 0.3) is 5.89 Å². The lowest BCUT2D eigenvalue weighted by molar-refractivity contribution is -0.117. The van der Waals surface area contributed by atoms with E-state index < -0.39 is 0 Å². The molecule has 1 aliphatic rings. The quantitative estimate of drug-likeness (QED) is 0.710. The third-order valence-corrected chi connectivity index (χ3v) is 4.85. The number of hydrogen-bond donors (Lipinski definition) is 0. The highest BCUT2D eigenvalue weighted by Crippen LogP contribution is 2.31. The van der Waals surface area contributed by atoms with Gasteiger partial charge in [-0.15, -0.1) is 0 Å². The van der Waals surface area contributed by atoms with Gasteiger partial charge in [0.1, 0.15) is 0 Å². The predicted octanol–water partition coefficient (Wildman–Crippen LogP) is 3.69. The van der Waals surface area contributed by atoms with Gasteiger partial charge in [-0.3, -0.25) is 4.79 Å². The van der Waals surface area contributed by atoms with Crippen LogP contribution < -0.4 is 4.90 Å². The number of carbonyl (C=O) groups is 1. The number of nitrogens with zero attached hydrogens (tertiary/aromatic N) is 4. The van der Waals surface area contributed by atoms with E-state index in [4.69, 9.17) is 9.78 Å². The molecular weight excluding hydrogens is 340 g/mol. The molecule has 1 saturated heterocycles. The summed E-state index contributed by atoms with van der Waals surface area (Å²) in [6.07, 6.45) is 1.33. The van der Waals surface area contributed by atoms with Crippen LogP contribution in [-0.2, 0) is 11.2 Å². The lowest BCUT2D eigenvalue weighted by atomic mass is 10.1. The maximum absolute atomic E-state index is 12.5. The summed E-state index contributed by atoms with van der Waals surface area (Å²) in [6.45, 7) is 2.64. The minimum Gasteiger partial charge on any atom is -0.334 e. The van der Waals surface area contributed by atoms with Crippen molar-refractivity contribution in [2.75, 3.05) is 11.4 Å². The second-order valence-corrected chi connectivity index (χ2v) is 6.57. The standard InChI is InChI=1S/C21H18N4O2/c1-2-14-5-9-18(10-6-14)25-13-17(11-19(25)26)20-23-21(27-24-20)16-7-3-15(12-22)4-8-16/h3-10,17H,2,11,13H2,1H3. The van der Waals surface area contributed by atoms with Crippen LogP contribution >= 0.6 is 0 Å². The highest BCUT2D eigenvalue weighted by Gasteiger charge is 2.34. The summed E-state index contributed by atoms with van der Waals surface area (Å²) in [7, 11) is 0. The normalized spacial score (nSPS) is 16.5. The number of aryl methyl sites for hydroxylation is 1. The van der Waals surface area contributed by atoms with Crippen molar-refractivity contribution in [3.63, 3.8) is 0 Å². The van der Waals surface area contributed by atoms with Gasteiger partial charge in [-0.25, -0.2) is 0 Å². The molecule has 27 heavy (non-hydrogen) atoms. The van der Waals surface area contributed by atoms with Crippen LogP contribution in [0.15, 0.2) is 53.1 Å². The maximum atomic E-state index is 12.5. The van der Waals surface area contributed by atoms with Crippen LogP contribution in [0.2, 0.25) is 0 Å². The van der Waals surface area contributed by atoms with Crippen molar-refractivity contribution in [3.05, 3.63) is 65.5 Å². The summed E-state index contributed by atoms with van der Waals surface area (Å²) in [6, 6.07) is 17.1. The Balaban J connectivity index is 1.52. The van der Waals surface area contributed by atoms with Crippen LogP contribution in [0.1, 0.15) is 36.2 Å². The minimum absolute atomic E-state index is 0.0639.